The first-order valence-electron chi connectivity index (χ1n) is 7.08. The number of benzene rings is 1. The zero-order chi connectivity index (χ0) is 15.9. The molecular formula is C18H17NO3. The number of pyridine rings is 1. The number of fused-ring (bicyclic) bond motifs is 1. The van der Waals surface area contributed by atoms with Crippen molar-refractivity contribution in [2.24, 2.45) is 0 Å². The summed E-state index contributed by atoms with van der Waals surface area (Å²) in [6.45, 7) is 5.43. The Morgan fingerprint density at radius 2 is 2.00 bits per heavy atom. The Balaban J connectivity index is 2.25. The molecule has 0 radical (unpaired) electrons. The third-order valence-electron chi connectivity index (χ3n) is 3.63. The number of ether oxygens (including phenoxy) is 1. The molecule has 0 bridgehead atoms. The number of rotatable bonds is 2. The number of aromatic hydroxyl groups is 1. The third-order valence-corrected chi connectivity index (χ3v) is 3.63. The maximum atomic E-state index is 11.6. The van der Waals surface area contributed by atoms with E-state index in [4.69, 9.17) is 4.74 Å². The highest BCUT2D eigenvalue weighted by molar-refractivity contribution is 5.97. The summed E-state index contributed by atoms with van der Waals surface area (Å²) in [4.78, 5) is 15.6. The first kappa shape index (κ1) is 14.3. The zero-order valence-corrected chi connectivity index (χ0v) is 12.8. The van der Waals surface area contributed by atoms with Crippen LogP contribution in [0.2, 0.25) is 0 Å². The summed E-state index contributed by atoms with van der Waals surface area (Å²) in [5.41, 5.74) is 2.42. The molecule has 2 aromatic rings. The van der Waals surface area contributed by atoms with Crippen LogP contribution >= 0.6 is 0 Å². The van der Waals surface area contributed by atoms with E-state index >= 15 is 0 Å². The highest BCUT2D eigenvalue weighted by atomic mass is 16.5. The summed E-state index contributed by atoms with van der Waals surface area (Å²) in [5.74, 6) is 0.792. The van der Waals surface area contributed by atoms with Crippen molar-refractivity contribution in [1.82, 2.24) is 4.98 Å². The van der Waals surface area contributed by atoms with Crippen LogP contribution in [0, 0.1) is 0 Å². The lowest BCUT2D eigenvalue weighted by Gasteiger charge is -2.31. The van der Waals surface area contributed by atoms with Crippen molar-refractivity contribution in [1.29, 1.82) is 0 Å². The van der Waals surface area contributed by atoms with Gasteiger partial charge in [-0.1, -0.05) is 0 Å². The minimum Gasteiger partial charge on any atom is -0.506 e. The van der Waals surface area contributed by atoms with Gasteiger partial charge < -0.3 is 9.84 Å². The lowest BCUT2D eigenvalue weighted by molar-refractivity contribution is 0.101. The fourth-order valence-electron chi connectivity index (χ4n) is 2.62. The Morgan fingerprint density at radius 3 is 2.68 bits per heavy atom. The highest BCUT2D eigenvalue weighted by Gasteiger charge is 2.28. The van der Waals surface area contributed by atoms with Gasteiger partial charge in [0.2, 0.25) is 0 Å². The maximum Gasteiger partial charge on any atom is 0.159 e. The van der Waals surface area contributed by atoms with Crippen LogP contribution in [0.1, 0.15) is 42.3 Å². The normalized spacial score (nSPS) is 15.5. The highest BCUT2D eigenvalue weighted by Crippen LogP contribution is 2.41. The van der Waals surface area contributed by atoms with E-state index in [1.54, 1.807) is 30.5 Å². The molecule has 0 fully saturated rings. The number of carbonyl (C=O) groups excluding carboxylic acids is 1. The summed E-state index contributed by atoms with van der Waals surface area (Å²) in [6.07, 6.45) is 4.99. The first-order chi connectivity index (χ1) is 10.4. The van der Waals surface area contributed by atoms with E-state index in [0.717, 1.165) is 11.1 Å². The first-order valence-corrected chi connectivity index (χ1v) is 7.08. The second-order valence-corrected chi connectivity index (χ2v) is 5.92. The fraction of sp³-hybridized carbons (Fsp3) is 0.222. The molecule has 1 N–H and O–H groups in total. The van der Waals surface area contributed by atoms with Gasteiger partial charge in [0.05, 0.1) is 6.20 Å². The number of hydrogen-bond donors (Lipinski definition) is 1. The number of carbonyl (C=O) groups is 1. The van der Waals surface area contributed by atoms with Crippen LogP contribution in [-0.2, 0) is 0 Å². The SMILES string of the molecule is CC(=O)c1ccc2c(c1)C(c1ccncc1O)=CC(C)(C)O2. The summed E-state index contributed by atoms with van der Waals surface area (Å²) in [6, 6.07) is 7.12. The molecule has 0 aliphatic carbocycles. The van der Waals surface area contributed by atoms with Crippen molar-refractivity contribution in [3.05, 3.63) is 59.4 Å². The van der Waals surface area contributed by atoms with E-state index in [2.05, 4.69) is 4.98 Å². The topological polar surface area (TPSA) is 59.4 Å². The minimum atomic E-state index is -0.504. The molecule has 0 saturated carbocycles. The van der Waals surface area contributed by atoms with Crippen LogP contribution in [0.4, 0.5) is 0 Å². The van der Waals surface area contributed by atoms with Crippen molar-refractivity contribution in [3.63, 3.8) is 0 Å². The monoisotopic (exact) mass is 295 g/mol. The van der Waals surface area contributed by atoms with Crippen LogP contribution in [0.3, 0.4) is 0 Å². The molecule has 0 amide bonds. The Bertz CT molecular complexity index is 791. The standard InChI is InChI=1S/C18H17NO3/c1-11(20)12-4-5-17-14(8-12)15(9-18(2,3)22-17)13-6-7-19-10-16(13)21/h4-10,21H,1-3H3. The van der Waals surface area contributed by atoms with E-state index in [1.807, 2.05) is 19.9 Å². The lowest BCUT2D eigenvalue weighted by Crippen LogP contribution is -2.29. The van der Waals surface area contributed by atoms with Crippen LogP contribution in [0.15, 0.2) is 42.7 Å². The minimum absolute atomic E-state index is 0.00839. The van der Waals surface area contributed by atoms with Gasteiger partial charge in [0, 0.05) is 22.9 Å². The molecule has 0 unspecified atom stereocenters. The van der Waals surface area contributed by atoms with Gasteiger partial charge in [-0.25, -0.2) is 0 Å². The Morgan fingerprint density at radius 1 is 1.23 bits per heavy atom. The number of hydrogen-bond acceptors (Lipinski definition) is 4. The van der Waals surface area contributed by atoms with Crippen molar-refractivity contribution in [2.75, 3.05) is 0 Å². The van der Waals surface area contributed by atoms with Crippen molar-refractivity contribution in [2.45, 2.75) is 26.4 Å². The number of aromatic nitrogens is 1. The van der Waals surface area contributed by atoms with Crippen LogP contribution < -0.4 is 4.74 Å². The third kappa shape index (κ3) is 2.48. The average Bonchev–Trinajstić information content (AvgIpc) is 2.45. The van der Waals surface area contributed by atoms with Gasteiger partial charge in [-0.2, -0.15) is 0 Å². The summed E-state index contributed by atoms with van der Waals surface area (Å²) in [5, 5.41) is 10.1. The fourth-order valence-corrected chi connectivity index (χ4v) is 2.62. The van der Waals surface area contributed by atoms with Crippen molar-refractivity contribution >= 4 is 11.4 Å². The average molecular weight is 295 g/mol. The lowest BCUT2D eigenvalue weighted by atomic mass is 9.89. The van der Waals surface area contributed by atoms with E-state index in [0.29, 0.717) is 16.9 Å². The summed E-state index contributed by atoms with van der Waals surface area (Å²) < 4.78 is 5.96. The second-order valence-electron chi connectivity index (χ2n) is 5.92. The molecule has 0 atom stereocenters. The summed E-state index contributed by atoms with van der Waals surface area (Å²) >= 11 is 0. The van der Waals surface area contributed by atoms with Crippen LogP contribution in [0.5, 0.6) is 11.5 Å². The Labute approximate surface area is 129 Å². The van der Waals surface area contributed by atoms with E-state index in [9.17, 15) is 9.90 Å². The number of nitrogens with zero attached hydrogens (tertiary/aromatic N) is 1. The largest absolute Gasteiger partial charge is 0.506 e. The van der Waals surface area contributed by atoms with Crippen molar-refractivity contribution < 1.29 is 14.6 Å². The van der Waals surface area contributed by atoms with Gasteiger partial charge in [0.15, 0.2) is 5.78 Å². The predicted octanol–water partition coefficient (Wildman–Crippen LogP) is 3.59. The molecule has 2 heterocycles. The van der Waals surface area contributed by atoms with Gasteiger partial charge in [0.25, 0.3) is 0 Å². The molecule has 1 aliphatic rings. The molecule has 3 rings (SSSR count). The zero-order valence-electron chi connectivity index (χ0n) is 12.8. The van der Waals surface area contributed by atoms with Gasteiger partial charge in [-0.15, -0.1) is 0 Å². The Hall–Kier alpha value is -2.62. The van der Waals surface area contributed by atoms with E-state index in [-0.39, 0.29) is 11.5 Å². The molecule has 1 aromatic carbocycles. The summed E-state index contributed by atoms with van der Waals surface area (Å²) in [7, 11) is 0. The molecule has 22 heavy (non-hydrogen) atoms. The number of Topliss-reactive ketones (excluding diaryl/α,β-unsaturated/α-hetero) is 1. The van der Waals surface area contributed by atoms with Crippen LogP contribution in [0.25, 0.3) is 5.57 Å². The molecular weight excluding hydrogens is 278 g/mol. The molecule has 0 saturated heterocycles. The molecule has 4 heteroatoms. The van der Waals surface area contributed by atoms with Crippen LogP contribution in [-0.4, -0.2) is 21.5 Å². The molecule has 112 valence electrons. The smallest absolute Gasteiger partial charge is 0.159 e. The Kier molecular flexibility index (Phi) is 3.24. The quantitative estimate of drug-likeness (QED) is 0.860. The van der Waals surface area contributed by atoms with E-state index in [1.165, 1.54) is 13.1 Å². The van der Waals surface area contributed by atoms with Gasteiger partial charge >= 0.3 is 0 Å². The van der Waals surface area contributed by atoms with Gasteiger partial charge in [0.1, 0.15) is 17.1 Å². The maximum absolute atomic E-state index is 11.6. The molecule has 1 aromatic heterocycles. The molecule has 4 nitrogen and oxygen atoms in total. The second kappa shape index (κ2) is 4.98. The van der Waals surface area contributed by atoms with Crippen molar-refractivity contribution in [3.8, 4) is 11.5 Å². The predicted molar refractivity (Wildman–Crippen MR) is 84.1 cm³/mol. The number of ketones is 1. The molecule has 1 aliphatic heterocycles. The molecule has 0 spiro atoms. The van der Waals surface area contributed by atoms with Gasteiger partial charge in [-0.05, 0) is 56.7 Å². The van der Waals surface area contributed by atoms with E-state index < -0.39 is 5.60 Å². The van der Waals surface area contributed by atoms with Gasteiger partial charge in [-0.3, -0.25) is 9.78 Å².